The number of benzene rings is 1. The maximum absolute atomic E-state index is 10.1. The molecule has 0 fully saturated rings. The van der Waals surface area contributed by atoms with Gasteiger partial charge < -0.3 is 15.4 Å². The molecule has 4 heteroatoms. The number of aromatic carboxylic acids is 1. The summed E-state index contributed by atoms with van der Waals surface area (Å²) in [7, 11) is 0. The van der Waals surface area contributed by atoms with Gasteiger partial charge >= 0.3 is 51.4 Å². The van der Waals surface area contributed by atoms with Gasteiger partial charge in [0.25, 0.3) is 0 Å². The normalized spacial score (nSPS) is 7.27. The molecule has 0 amide bonds. The van der Waals surface area contributed by atoms with Crippen molar-refractivity contribution in [2.45, 2.75) is 0 Å². The summed E-state index contributed by atoms with van der Waals surface area (Å²) in [6, 6.07) is 8.06. The molecule has 0 aromatic heterocycles. The maximum atomic E-state index is 10.1. The Labute approximate surface area is 107 Å². The van der Waals surface area contributed by atoms with Gasteiger partial charge in [0.15, 0.2) is 0 Å². The molecule has 1 rings (SSSR count). The molecule has 11 heavy (non-hydrogen) atoms. The molecule has 3 nitrogen and oxygen atoms in total. The van der Waals surface area contributed by atoms with Gasteiger partial charge in [-0.3, -0.25) is 0 Å². The predicted molar refractivity (Wildman–Crippen MR) is 34.4 cm³/mol. The third-order valence-corrected chi connectivity index (χ3v) is 1.01. The van der Waals surface area contributed by atoms with E-state index in [2.05, 4.69) is 0 Å². The van der Waals surface area contributed by atoms with Gasteiger partial charge in [-0.1, -0.05) is 30.3 Å². The maximum Gasteiger partial charge on any atom is 1.00 e. The van der Waals surface area contributed by atoms with Crippen LogP contribution in [0.15, 0.2) is 30.3 Å². The zero-order chi connectivity index (χ0) is 6.69. The monoisotopic (exact) mass is 178 g/mol. The van der Waals surface area contributed by atoms with E-state index in [9.17, 15) is 9.90 Å². The quantitative estimate of drug-likeness (QED) is 0.414. The van der Waals surface area contributed by atoms with E-state index in [1.165, 1.54) is 12.1 Å². The summed E-state index contributed by atoms with van der Waals surface area (Å²) in [5.74, 6) is -1.13. The number of carbonyl (C=O) groups is 1. The van der Waals surface area contributed by atoms with E-state index in [1.54, 1.807) is 18.2 Å². The van der Waals surface area contributed by atoms with Gasteiger partial charge in [-0.2, -0.15) is 0 Å². The Balaban J connectivity index is 0. The molecule has 0 aliphatic rings. The van der Waals surface area contributed by atoms with E-state index in [0.29, 0.717) is 0 Å². The smallest absolute Gasteiger partial charge is 0.545 e. The van der Waals surface area contributed by atoms with Crippen molar-refractivity contribution in [3.05, 3.63) is 35.9 Å². The molecule has 0 saturated carbocycles. The molecule has 0 spiro atoms. The van der Waals surface area contributed by atoms with E-state index < -0.39 is 5.97 Å². The van der Waals surface area contributed by atoms with E-state index in [1.807, 2.05) is 0 Å². The van der Waals surface area contributed by atoms with Crippen LogP contribution in [0, 0.1) is 0 Å². The van der Waals surface area contributed by atoms with Crippen molar-refractivity contribution < 1.29 is 66.8 Å². The summed E-state index contributed by atoms with van der Waals surface area (Å²) >= 11 is 0. The third kappa shape index (κ3) is 4.68. The first-order chi connectivity index (χ1) is 4.30. The Kier molecular flexibility index (Phi) is 8.77. The molecule has 2 N–H and O–H groups in total. The Bertz CT molecular complexity index is 210. The Morgan fingerprint density at radius 3 is 1.91 bits per heavy atom. The van der Waals surface area contributed by atoms with Gasteiger partial charge in [-0.05, 0) is 5.56 Å². The summed E-state index contributed by atoms with van der Waals surface area (Å²) in [6.45, 7) is 0. The fraction of sp³-hybridized carbons (Fsp3) is 0. The van der Waals surface area contributed by atoms with E-state index >= 15 is 0 Å². The van der Waals surface area contributed by atoms with Crippen LogP contribution in [0.25, 0.3) is 0 Å². The molecule has 0 atom stereocenters. The standard InChI is InChI=1S/C7H6O2.K.H2O/c8-7(9)6-4-2-1-3-5-6;;/h1-5H,(H,8,9);;1H2/q;+1;/p-1. The number of carboxylic acid groups (broad SMARTS) is 1. The van der Waals surface area contributed by atoms with Gasteiger partial charge in [-0.15, -0.1) is 0 Å². The molecule has 0 radical (unpaired) electrons. The molecule has 0 aliphatic heterocycles. The summed E-state index contributed by atoms with van der Waals surface area (Å²) in [5.41, 5.74) is 0.220. The van der Waals surface area contributed by atoms with E-state index in [-0.39, 0.29) is 62.4 Å². The molecule has 54 valence electrons. The number of rotatable bonds is 1. The zero-order valence-electron chi connectivity index (χ0n) is 6.20. The van der Waals surface area contributed by atoms with Gasteiger partial charge in [0.05, 0.1) is 5.97 Å². The minimum Gasteiger partial charge on any atom is -0.545 e. The first-order valence-electron chi connectivity index (χ1n) is 2.57. The third-order valence-electron chi connectivity index (χ3n) is 1.01. The van der Waals surface area contributed by atoms with Gasteiger partial charge in [-0.25, -0.2) is 0 Å². The first kappa shape index (κ1) is 13.8. The van der Waals surface area contributed by atoms with Crippen LogP contribution in [-0.2, 0) is 0 Å². The second-order valence-corrected chi connectivity index (χ2v) is 1.65. The molecule has 0 heterocycles. The minimum atomic E-state index is -1.13. The van der Waals surface area contributed by atoms with Crippen molar-refractivity contribution in [3.8, 4) is 0 Å². The van der Waals surface area contributed by atoms with Crippen molar-refractivity contribution in [1.82, 2.24) is 0 Å². The fourth-order valence-corrected chi connectivity index (χ4v) is 0.574. The zero-order valence-corrected chi connectivity index (χ0v) is 9.33. The van der Waals surface area contributed by atoms with Gasteiger partial charge in [0.1, 0.15) is 0 Å². The van der Waals surface area contributed by atoms with Crippen molar-refractivity contribution in [1.29, 1.82) is 0 Å². The molecule has 0 aliphatic carbocycles. The average Bonchev–Trinajstić information content (AvgIpc) is 1.90. The van der Waals surface area contributed by atoms with Crippen molar-refractivity contribution in [3.63, 3.8) is 0 Å². The second-order valence-electron chi connectivity index (χ2n) is 1.65. The number of hydrogen-bond donors (Lipinski definition) is 0. The van der Waals surface area contributed by atoms with Crippen molar-refractivity contribution in [2.75, 3.05) is 0 Å². The van der Waals surface area contributed by atoms with Crippen LogP contribution in [-0.4, -0.2) is 11.4 Å². The first-order valence-corrected chi connectivity index (χ1v) is 2.57. The van der Waals surface area contributed by atoms with Crippen LogP contribution >= 0.6 is 0 Å². The van der Waals surface area contributed by atoms with Crippen LogP contribution < -0.4 is 56.5 Å². The molecule has 0 unspecified atom stereocenters. The summed E-state index contributed by atoms with van der Waals surface area (Å²) < 4.78 is 0. The number of hydrogen-bond acceptors (Lipinski definition) is 2. The van der Waals surface area contributed by atoms with E-state index in [0.717, 1.165) is 0 Å². The number of carboxylic acids is 1. The van der Waals surface area contributed by atoms with Gasteiger partial charge in [0, 0.05) is 0 Å². The van der Waals surface area contributed by atoms with Crippen molar-refractivity contribution >= 4 is 5.97 Å². The minimum absolute atomic E-state index is 0. The summed E-state index contributed by atoms with van der Waals surface area (Å²) in [4.78, 5) is 10.1. The molecular weight excluding hydrogens is 171 g/mol. The molecular formula is C7H7KO3. The Hall–Kier alpha value is 0.286. The molecule has 0 bridgehead atoms. The SMILES string of the molecule is O.O=C([O-])c1ccccc1.[K+]. The van der Waals surface area contributed by atoms with Crippen LogP contribution in [0.4, 0.5) is 0 Å². The Morgan fingerprint density at radius 2 is 1.64 bits per heavy atom. The summed E-state index contributed by atoms with van der Waals surface area (Å²) in [6.07, 6.45) is 0. The summed E-state index contributed by atoms with van der Waals surface area (Å²) in [5, 5.41) is 10.1. The van der Waals surface area contributed by atoms with Crippen LogP contribution in [0.2, 0.25) is 0 Å². The predicted octanol–water partition coefficient (Wildman–Crippen LogP) is -3.77. The molecule has 1 aromatic rings. The van der Waals surface area contributed by atoms with Crippen LogP contribution in [0.3, 0.4) is 0 Å². The second kappa shape index (κ2) is 6.96. The van der Waals surface area contributed by atoms with Crippen LogP contribution in [0.1, 0.15) is 10.4 Å². The largest absolute Gasteiger partial charge is 1.00 e. The number of carbonyl (C=O) groups excluding carboxylic acids is 1. The van der Waals surface area contributed by atoms with Crippen LogP contribution in [0.5, 0.6) is 0 Å². The fourth-order valence-electron chi connectivity index (χ4n) is 0.574. The molecule has 0 saturated heterocycles. The van der Waals surface area contributed by atoms with Crippen molar-refractivity contribution in [2.24, 2.45) is 0 Å². The Morgan fingerprint density at radius 1 is 1.18 bits per heavy atom. The average molecular weight is 178 g/mol. The topological polar surface area (TPSA) is 71.6 Å². The van der Waals surface area contributed by atoms with Gasteiger partial charge in [0.2, 0.25) is 0 Å². The molecule has 1 aromatic carbocycles. The van der Waals surface area contributed by atoms with E-state index in [4.69, 9.17) is 0 Å².